The molecular weight excluding hydrogens is 336 g/mol. The second-order valence-corrected chi connectivity index (χ2v) is 5.31. The van der Waals surface area contributed by atoms with Crippen LogP contribution < -0.4 is 20.1 Å². The monoisotopic (exact) mass is 358 g/mol. The zero-order valence-electron chi connectivity index (χ0n) is 14.8. The molecule has 0 heterocycles. The van der Waals surface area contributed by atoms with Gasteiger partial charge in [-0.15, -0.1) is 0 Å². The van der Waals surface area contributed by atoms with Crippen molar-refractivity contribution in [2.24, 2.45) is 0 Å². The lowest BCUT2D eigenvalue weighted by Crippen LogP contribution is -2.34. The van der Waals surface area contributed by atoms with Crippen molar-refractivity contribution in [1.29, 1.82) is 0 Å². The summed E-state index contributed by atoms with van der Waals surface area (Å²) in [4.78, 5) is 23.7. The quantitative estimate of drug-likeness (QED) is 0.708. The van der Waals surface area contributed by atoms with Gasteiger partial charge in [-0.2, -0.15) is 0 Å². The molecule has 2 aromatic rings. The Bertz CT molecular complexity index is 734. The number of hydrogen-bond acceptors (Lipinski definition) is 5. The molecular formula is C19H22N2O5. The molecule has 0 aliphatic carbocycles. The first-order chi connectivity index (χ1) is 12.6. The first-order valence-electron chi connectivity index (χ1n) is 8.09. The topological polar surface area (TPSA) is 85.9 Å². The third kappa shape index (κ3) is 5.70. The Kier molecular flexibility index (Phi) is 7.30. The molecule has 2 N–H and O–H groups in total. The number of nitrogens with one attached hydrogen (secondary N) is 2. The molecule has 0 aliphatic heterocycles. The average Bonchev–Trinajstić information content (AvgIpc) is 2.69. The van der Waals surface area contributed by atoms with E-state index in [2.05, 4.69) is 10.6 Å². The zero-order valence-corrected chi connectivity index (χ0v) is 14.8. The maximum absolute atomic E-state index is 12.1. The summed E-state index contributed by atoms with van der Waals surface area (Å²) >= 11 is 0. The third-order valence-electron chi connectivity index (χ3n) is 3.54. The van der Waals surface area contributed by atoms with Gasteiger partial charge in [0.2, 0.25) is 0 Å². The van der Waals surface area contributed by atoms with E-state index >= 15 is 0 Å². The highest BCUT2D eigenvalue weighted by molar-refractivity contribution is 5.94. The summed E-state index contributed by atoms with van der Waals surface area (Å²) < 4.78 is 15.4. The summed E-state index contributed by atoms with van der Waals surface area (Å²) in [5, 5.41) is 5.29. The van der Waals surface area contributed by atoms with Crippen LogP contribution in [-0.4, -0.2) is 39.3 Å². The van der Waals surface area contributed by atoms with Gasteiger partial charge in [0.05, 0.1) is 14.2 Å². The molecule has 0 fully saturated rings. The van der Waals surface area contributed by atoms with E-state index in [1.807, 2.05) is 30.3 Å². The van der Waals surface area contributed by atoms with Crippen LogP contribution in [0.5, 0.6) is 11.5 Å². The Morgan fingerprint density at radius 1 is 0.885 bits per heavy atom. The summed E-state index contributed by atoms with van der Waals surface area (Å²) in [5.41, 5.74) is 1.35. The van der Waals surface area contributed by atoms with Crippen LogP contribution in [0.4, 0.5) is 4.79 Å². The maximum Gasteiger partial charge on any atom is 0.407 e. The Balaban J connectivity index is 1.70. The molecule has 0 aliphatic rings. The lowest BCUT2D eigenvalue weighted by molar-refractivity contribution is 0.0951. The summed E-state index contributed by atoms with van der Waals surface area (Å²) in [6, 6.07) is 14.3. The molecule has 0 bridgehead atoms. The van der Waals surface area contributed by atoms with Gasteiger partial charge in [0, 0.05) is 18.7 Å². The molecule has 26 heavy (non-hydrogen) atoms. The number of rotatable bonds is 8. The van der Waals surface area contributed by atoms with E-state index in [9.17, 15) is 9.59 Å². The zero-order chi connectivity index (χ0) is 18.8. The smallest absolute Gasteiger partial charge is 0.407 e. The molecule has 2 aromatic carbocycles. The van der Waals surface area contributed by atoms with Crippen molar-refractivity contribution in [1.82, 2.24) is 10.6 Å². The number of hydrogen-bond donors (Lipinski definition) is 2. The van der Waals surface area contributed by atoms with Gasteiger partial charge in [0.1, 0.15) is 6.61 Å². The van der Waals surface area contributed by atoms with Gasteiger partial charge in [-0.3, -0.25) is 4.79 Å². The molecule has 7 nitrogen and oxygen atoms in total. The Labute approximate surface area is 152 Å². The average molecular weight is 358 g/mol. The molecule has 2 amide bonds. The van der Waals surface area contributed by atoms with Gasteiger partial charge >= 0.3 is 6.09 Å². The molecule has 0 saturated heterocycles. The third-order valence-corrected chi connectivity index (χ3v) is 3.54. The SMILES string of the molecule is COc1ccc(C(=O)NCCNC(=O)OCc2ccccc2)cc1OC. The first kappa shape index (κ1) is 19.1. The van der Waals surface area contributed by atoms with Crippen molar-refractivity contribution in [3.63, 3.8) is 0 Å². The Morgan fingerprint density at radius 3 is 2.27 bits per heavy atom. The fraction of sp³-hybridized carbons (Fsp3) is 0.263. The maximum atomic E-state index is 12.1. The van der Waals surface area contributed by atoms with E-state index in [-0.39, 0.29) is 25.6 Å². The number of carbonyl (C=O) groups excluding carboxylic acids is 2. The second kappa shape index (κ2) is 9.93. The number of carbonyl (C=O) groups is 2. The normalized spacial score (nSPS) is 9.92. The van der Waals surface area contributed by atoms with Gasteiger partial charge in [-0.25, -0.2) is 4.79 Å². The Hall–Kier alpha value is -3.22. The number of benzene rings is 2. The lowest BCUT2D eigenvalue weighted by atomic mass is 10.2. The van der Waals surface area contributed by atoms with Crippen LogP contribution in [0.15, 0.2) is 48.5 Å². The number of amides is 2. The van der Waals surface area contributed by atoms with E-state index in [1.54, 1.807) is 18.2 Å². The van der Waals surface area contributed by atoms with Crippen molar-refractivity contribution in [3.05, 3.63) is 59.7 Å². The molecule has 0 aromatic heterocycles. The Morgan fingerprint density at radius 2 is 1.58 bits per heavy atom. The number of ether oxygens (including phenoxy) is 3. The van der Waals surface area contributed by atoms with Crippen LogP contribution in [0.25, 0.3) is 0 Å². The van der Waals surface area contributed by atoms with E-state index in [0.717, 1.165) is 5.56 Å². The number of methoxy groups -OCH3 is 2. The minimum absolute atomic E-state index is 0.199. The van der Waals surface area contributed by atoms with Crippen LogP contribution in [0.3, 0.4) is 0 Å². The van der Waals surface area contributed by atoms with Gasteiger partial charge in [-0.05, 0) is 23.8 Å². The summed E-state index contributed by atoms with van der Waals surface area (Å²) in [5.74, 6) is 0.750. The molecule has 0 unspecified atom stereocenters. The van der Waals surface area contributed by atoms with E-state index < -0.39 is 6.09 Å². The molecule has 7 heteroatoms. The van der Waals surface area contributed by atoms with Crippen LogP contribution in [-0.2, 0) is 11.3 Å². The summed E-state index contributed by atoms with van der Waals surface area (Å²) in [6.07, 6.45) is -0.533. The summed E-state index contributed by atoms with van der Waals surface area (Å²) in [7, 11) is 3.03. The minimum atomic E-state index is -0.533. The van der Waals surface area contributed by atoms with Crippen molar-refractivity contribution >= 4 is 12.0 Å². The second-order valence-electron chi connectivity index (χ2n) is 5.31. The van der Waals surface area contributed by atoms with Crippen molar-refractivity contribution in [2.75, 3.05) is 27.3 Å². The summed E-state index contributed by atoms with van der Waals surface area (Å²) in [6.45, 7) is 0.727. The molecule has 0 atom stereocenters. The van der Waals surface area contributed by atoms with Crippen LogP contribution in [0.1, 0.15) is 15.9 Å². The molecule has 138 valence electrons. The van der Waals surface area contributed by atoms with Crippen molar-refractivity contribution in [3.8, 4) is 11.5 Å². The first-order valence-corrected chi connectivity index (χ1v) is 8.09. The fourth-order valence-electron chi connectivity index (χ4n) is 2.19. The van der Waals surface area contributed by atoms with Gasteiger partial charge in [0.25, 0.3) is 5.91 Å². The van der Waals surface area contributed by atoms with E-state index in [0.29, 0.717) is 17.1 Å². The highest BCUT2D eigenvalue weighted by Gasteiger charge is 2.10. The van der Waals surface area contributed by atoms with Gasteiger partial charge in [0.15, 0.2) is 11.5 Å². The molecule has 0 saturated carbocycles. The molecule has 0 radical (unpaired) electrons. The van der Waals surface area contributed by atoms with Crippen LogP contribution in [0, 0.1) is 0 Å². The highest BCUT2D eigenvalue weighted by atomic mass is 16.5. The molecule has 0 spiro atoms. The van der Waals surface area contributed by atoms with Crippen molar-refractivity contribution in [2.45, 2.75) is 6.61 Å². The number of alkyl carbamates (subject to hydrolysis) is 1. The highest BCUT2D eigenvalue weighted by Crippen LogP contribution is 2.27. The molecule has 2 rings (SSSR count). The van der Waals surface area contributed by atoms with Gasteiger partial charge in [-0.1, -0.05) is 30.3 Å². The van der Waals surface area contributed by atoms with Gasteiger partial charge < -0.3 is 24.8 Å². The standard InChI is InChI=1S/C19H22N2O5/c1-24-16-9-8-15(12-17(16)25-2)18(22)20-10-11-21-19(23)26-13-14-6-4-3-5-7-14/h3-9,12H,10-11,13H2,1-2H3,(H,20,22)(H,21,23). The predicted octanol–water partition coefficient (Wildman–Crippen LogP) is 2.36. The van der Waals surface area contributed by atoms with Crippen molar-refractivity contribution < 1.29 is 23.8 Å². The minimum Gasteiger partial charge on any atom is -0.493 e. The largest absolute Gasteiger partial charge is 0.493 e. The van der Waals surface area contributed by atoms with E-state index in [4.69, 9.17) is 14.2 Å². The lowest BCUT2D eigenvalue weighted by Gasteiger charge is -2.10. The fourth-order valence-corrected chi connectivity index (χ4v) is 2.19. The van der Waals surface area contributed by atoms with Crippen LogP contribution >= 0.6 is 0 Å². The predicted molar refractivity (Wildman–Crippen MR) is 96.5 cm³/mol. The van der Waals surface area contributed by atoms with E-state index in [1.165, 1.54) is 14.2 Å². The van der Waals surface area contributed by atoms with Crippen LogP contribution in [0.2, 0.25) is 0 Å².